The number of rotatable bonds is 5. The predicted molar refractivity (Wildman–Crippen MR) is 90.0 cm³/mol. The van der Waals surface area contributed by atoms with E-state index in [-0.39, 0.29) is 11.0 Å². The molecule has 0 bridgehead atoms. The monoisotopic (exact) mass is 287 g/mol. The highest BCUT2D eigenvalue weighted by Crippen LogP contribution is 2.49. The fourth-order valence-electron chi connectivity index (χ4n) is 3.92. The van der Waals surface area contributed by atoms with Gasteiger partial charge in [-0.05, 0) is 44.5 Å². The van der Waals surface area contributed by atoms with Gasteiger partial charge in [0.2, 0.25) is 0 Å². The first-order valence-corrected chi connectivity index (χ1v) is 7.94. The molecule has 0 saturated heterocycles. The molecule has 1 aromatic carbocycles. The van der Waals surface area contributed by atoms with Crippen LogP contribution in [-0.2, 0) is 5.41 Å². The second kappa shape index (κ2) is 6.23. The number of nitrogens with zero attached hydrogens (tertiary/aromatic N) is 1. The van der Waals surface area contributed by atoms with E-state index in [0.717, 1.165) is 12.3 Å². The van der Waals surface area contributed by atoms with Crippen LogP contribution in [0.4, 0.5) is 0 Å². The van der Waals surface area contributed by atoms with E-state index in [4.69, 9.17) is 4.74 Å². The SMILES string of the molecule is C=CCN(C)C1(C)CCCCC1(C)c1cccc(OC)c1. The minimum Gasteiger partial charge on any atom is -0.497 e. The highest BCUT2D eigenvalue weighted by molar-refractivity contribution is 5.37. The van der Waals surface area contributed by atoms with Crippen LogP contribution in [0.3, 0.4) is 0 Å². The van der Waals surface area contributed by atoms with Crippen molar-refractivity contribution in [3.05, 3.63) is 42.5 Å². The molecule has 2 heteroatoms. The molecule has 0 radical (unpaired) electrons. The summed E-state index contributed by atoms with van der Waals surface area (Å²) in [7, 11) is 3.97. The van der Waals surface area contributed by atoms with Gasteiger partial charge in [-0.1, -0.05) is 38.0 Å². The van der Waals surface area contributed by atoms with E-state index in [2.05, 4.69) is 50.6 Å². The van der Waals surface area contributed by atoms with Gasteiger partial charge in [0.1, 0.15) is 5.75 Å². The lowest BCUT2D eigenvalue weighted by atomic mass is 9.59. The van der Waals surface area contributed by atoms with Gasteiger partial charge < -0.3 is 4.74 Å². The van der Waals surface area contributed by atoms with Crippen LogP contribution in [0, 0.1) is 0 Å². The van der Waals surface area contributed by atoms with E-state index in [1.807, 2.05) is 12.1 Å². The number of hydrogen-bond donors (Lipinski definition) is 0. The van der Waals surface area contributed by atoms with Crippen molar-refractivity contribution in [1.82, 2.24) is 4.90 Å². The normalized spacial score (nSPS) is 29.4. The van der Waals surface area contributed by atoms with E-state index in [9.17, 15) is 0 Å². The van der Waals surface area contributed by atoms with Crippen molar-refractivity contribution in [2.24, 2.45) is 0 Å². The second-order valence-corrected chi connectivity index (χ2v) is 6.71. The minimum atomic E-state index is 0.136. The number of methoxy groups -OCH3 is 1. The van der Waals surface area contributed by atoms with Gasteiger partial charge >= 0.3 is 0 Å². The molecule has 1 fully saturated rings. The average molecular weight is 287 g/mol. The Morgan fingerprint density at radius 3 is 2.67 bits per heavy atom. The molecule has 0 amide bonds. The minimum absolute atomic E-state index is 0.136. The molecule has 0 aromatic heterocycles. The van der Waals surface area contributed by atoms with E-state index < -0.39 is 0 Å². The Balaban J connectivity index is 2.45. The summed E-state index contributed by atoms with van der Waals surface area (Å²) in [6.45, 7) is 9.67. The van der Waals surface area contributed by atoms with Gasteiger partial charge in [0, 0.05) is 17.5 Å². The summed E-state index contributed by atoms with van der Waals surface area (Å²) in [6.07, 6.45) is 7.05. The Morgan fingerprint density at radius 1 is 1.29 bits per heavy atom. The first kappa shape index (κ1) is 16.1. The van der Waals surface area contributed by atoms with Crippen LogP contribution < -0.4 is 4.74 Å². The highest BCUT2D eigenvalue weighted by Gasteiger charge is 2.49. The fraction of sp³-hybridized carbons (Fsp3) is 0.579. The number of benzene rings is 1. The van der Waals surface area contributed by atoms with Crippen molar-refractivity contribution in [2.75, 3.05) is 20.7 Å². The molecule has 2 rings (SSSR count). The zero-order valence-electron chi connectivity index (χ0n) is 14.0. The summed E-state index contributed by atoms with van der Waals surface area (Å²) in [6, 6.07) is 8.61. The Labute approximate surface area is 129 Å². The topological polar surface area (TPSA) is 12.5 Å². The molecule has 2 atom stereocenters. The fourth-order valence-corrected chi connectivity index (χ4v) is 3.92. The Morgan fingerprint density at radius 2 is 2.00 bits per heavy atom. The standard InChI is InChI=1S/C19H29NO/c1-6-14-20(4)19(3)13-8-7-12-18(19,2)16-10-9-11-17(15-16)21-5/h6,9-11,15H,1,7-8,12-14H2,2-5H3. The lowest BCUT2D eigenvalue weighted by Crippen LogP contribution is -2.59. The molecular weight excluding hydrogens is 258 g/mol. The van der Waals surface area contributed by atoms with Gasteiger partial charge in [0.05, 0.1) is 7.11 Å². The smallest absolute Gasteiger partial charge is 0.119 e. The van der Waals surface area contributed by atoms with Crippen molar-refractivity contribution < 1.29 is 4.74 Å². The largest absolute Gasteiger partial charge is 0.497 e. The van der Waals surface area contributed by atoms with Gasteiger partial charge in [0.15, 0.2) is 0 Å². The predicted octanol–water partition coefficient (Wildman–Crippen LogP) is 4.40. The van der Waals surface area contributed by atoms with E-state index in [0.29, 0.717) is 0 Å². The zero-order chi connectivity index (χ0) is 15.5. The average Bonchev–Trinajstić information content (AvgIpc) is 2.50. The van der Waals surface area contributed by atoms with Gasteiger partial charge in [-0.25, -0.2) is 0 Å². The van der Waals surface area contributed by atoms with Crippen molar-refractivity contribution in [3.63, 3.8) is 0 Å². The maximum atomic E-state index is 5.44. The van der Waals surface area contributed by atoms with Gasteiger partial charge in [0.25, 0.3) is 0 Å². The second-order valence-electron chi connectivity index (χ2n) is 6.71. The van der Waals surface area contributed by atoms with Crippen LogP contribution >= 0.6 is 0 Å². The molecule has 21 heavy (non-hydrogen) atoms. The number of hydrogen-bond acceptors (Lipinski definition) is 2. The molecular formula is C19H29NO. The lowest BCUT2D eigenvalue weighted by Gasteiger charge is -2.55. The van der Waals surface area contributed by atoms with E-state index >= 15 is 0 Å². The molecule has 0 spiro atoms. The number of ether oxygens (including phenoxy) is 1. The first-order valence-electron chi connectivity index (χ1n) is 7.94. The Bertz CT molecular complexity index is 498. The van der Waals surface area contributed by atoms with E-state index in [1.54, 1.807) is 7.11 Å². The maximum absolute atomic E-state index is 5.44. The molecule has 1 saturated carbocycles. The van der Waals surface area contributed by atoms with Crippen LogP contribution in [0.15, 0.2) is 36.9 Å². The molecule has 2 unspecified atom stereocenters. The summed E-state index contributed by atoms with van der Waals surface area (Å²) in [5.74, 6) is 0.952. The summed E-state index contributed by atoms with van der Waals surface area (Å²) in [5, 5.41) is 0. The van der Waals surface area contributed by atoms with Crippen molar-refractivity contribution in [3.8, 4) is 5.75 Å². The van der Waals surface area contributed by atoms with Gasteiger partial charge in [-0.15, -0.1) is 6.58 Å². The molecule has 2 nitrogen and oxygen atoms in total. The maximum Gasteiger partial charge on any atom is 0.119 e. The first-order chi connectivity index (χ1) is 9.98. The molecule has 1 aliphatic rings. The molecule has 0 aliphatic heterocycles. The zero-order valence-corrected chi connectivity index (χ0v) is 14.0. The van der Waals surface area contributed by atoms with Crippen LogP contribution in [0.2, 0.25) is 0 Å². The summed E-state index contributed by atoms with van der Waals surface area (Å²) in [4.78, 5) is 2.47. The summed E-state index contributed by atoms with van der Waals surface area (Å²) >= 11 is 0. The molecule has 1 aliphatic carbocycles. The lowest BCUT2D eigenvalue weighted by molar-refractivity contribution is 0.0246. The summed E-state index contributed by atoms with van der Waals surface area (Å²) in [5.41, 5.74) is 1.67. The highest BCUT2D eigenvalue weighted by atomic mass is 16.5. The molecule has 0 N–H and O–H groups in total. The van der Waals surface area contributed by atoms with E-state index in [1.165, 1.54) is 31.2 Å². The van der Waals surface area contributed by atoms with Crippen LogP contribution in [0.5, 0.6) is 5.75 Å². The van der Waals surface area contributed by atoms with Gasteiger partial charge in [-0.2, -0.15) is 0 Å². The van der Waals surface area contributed by atoms with Crippen molar-refractivity contribution >= 4 is 0 Å². The van der Waals surface area contributed by atoms with Crippen LogP contribution in [0.25, 0.3) is 0 Å². The van der Waals surface area contributed by atoms with Crippen molar-refractivity contribution in [1.29, 1.82) is 0 Å². The Hall–Kier alpha value is -1.28. The molecule has 0 heterocycles. The van der Waals surface area contributed by atoms with Crippen LogP contribution in [0.1, 0.15) is 45.1 Å². The molecule has 1 aromatic rings. The van der Waals surface area contributed by atoms with Crippen molar-refractivity contribution in [2.45, 2.75) is 50.5 Å². The number of likely N-dealkylation sites (N-methyl/N-ethyl adjacent to an activating group) is 1. The van der Waals surface area contributed by atoms with Gasteiger partial charge in [-0.3, -0.25) is 4.90 Å². The quantitative estimate of drug-likeness (QED) is 0.744. The third-order valence-electron chi connectivity index (χ3n) is 5.73. The molecule has 116 valence electrons. The summed E-state index contributed by atoms with van der Waals surface area (Å²) < 4.78 is 5.44. The Kier molecular flexibility index (Phi) is 4.77. The van der Waals surface area contributed by atoms with Crippen LogP contribution in [-0.4, -0.2) is 31.1 Å². The third kappa shape index (κ3) is 2.74. The third-order valence-corrected chi connectivity index (χ3v) is 5.73.